The van der Waals surface area contributed by atoms with Gasteiger partial charge in [-0.15, -0.1) is 0 Å². The molecule has 0 aliphatic rings. The molecule has 0 aliphatic heterocycles. The van der Waals surface area contributed by atoms with Crippen molar-refractivity contribution >= 4 is 5.97 Å². The predicted molar refractivity (Wildman–Crippen MR) is 61.9 cm³/mol. The average molecular weight is 216 g/mol. The van der Waals surface area contributed by atoms with Crippen molar-refractivity contribution < 1.29 is 9.53 Å². The van der Waals surface area contributed by atoms with E-state index < -0.39 is 0 Å². The third-order valence-corrected chi connectivity index (χ3v) is 1.86. The molecule has 0 rings (SSSR count). The summed E-state index contributed by atoms with van der Waals surface area (Å²) in [6.45, 7) is 8.28. The molecule has 0 saturated heterocycles. The van der Waals surface area contributed by atoms with E-state index in [2.05, 4.69) is 10.2 Å². The highest BCUT2D eigenvalue weighted by Gasteiger charge is 2.16. The zero-order valence-corrected chi connectivity index (χ0v) is 10.6. The van der Waals surface area contributed by atoms with Crippen LogP contribution in [0.3, 0.4) is 0 Å². The fourth-order valence-electron chi connectivity index (χ4n) is 1.09. The van der Waals surface area contributed by atoms with E-state index in [1.165, 1.54) is 0 Å². The Hall–Kier alpha value is -0.610. The topological polar surface area (TPSA) is 41.6 Å². The van der Waals surface area contributed by atoms with Crippen LogP contribution < -0.4 is 5.32 Å². The van der Waals surface area contributed by atoms with Crippen LogP contribution in [0.25, 0.3) is 0 Å². The van der Waals surface area contributed by atoms with Crippen LogP contribution in [0, 0.1) is 0 Å². The van der Waals surface area contributed by atoms with Crippen molar-refractivity contribution in [3.05, 3.63) is 0 Å². The van der Waals surface area contributed by atoms with Gasteiger partial charge in [-0.2, -0.15) is 0 Å². The zero-order valence-electron chi connectivity index (χ0n) is 10.6. The SMILES string of the molecule is CNCCN(C)CCC(=O)OC(C)(C)C. The van der Waals surface area contributed by atoms with Gasteiger partial charge in [0.15, 0.2) is 0 Å². The van der Waals surface area contributed by atoms with E-state index in [1.54, 1.807) is 0 Å². The lowest BCUT2D eigenvalue weighted by Gasteiger charge is -2.21. The number of ether oxygens (including phenoxy) is 1. The van der Waals surface area contributed by atoms with Crippen LogP contribution in [-0.4, -0.2) is 50.2 Å². The maximum Gasteiger partial charge on any atom is 0.307 e. The summed E-state index contributed by atoms with van der Waals surface area (Å²) < 4.78 is 5.21. The first-order valence-corrected chi connectivity index (χ1v) is 5.40. The van der Waals surface area contributed by atoms with E-state index in [-0.39, 0.29) is 11.6 Å². The third kappa shape index (κ3) is 9.69. The first kappa shape index (κ1) is 14.4. The van der Waals surface area contributed by atoms with Gasteiger partial charge in [-0.1, -0.05) is 0 Å². The minimum absolute atomic E-state index is 0.126. The number of rotatable bonds is 6. The van der Waals surface area contributed by atoms with E-state index >= 15 is 0 Å². The fraction of sp³-hybridized carbons (Fsp3) is 0.909. The molecule has 90 valence electrons. The maximum atomic E-state index is 11.4. The molecule has 4 heteroatoms. The largest absolute Gasteiger partial charge is 0.460 e. The van der Waals surface area contributed by atoms with E-state index in [1.807, 2.05) is 34.9 Å². The molecule has 0 atom stereocenters. The van der Waals surface area contributed by atoms with E-state index in [9.17, 15) is 4.79 Å². The highest BCUT2D eigenvalue weighted by atomic mass is 16.6. The summed E-state index contributed by atoms with van der Waals surface area (Å²) in [5.74, 6) is -0.126. The lowest BCUT2D eigenvalue weighted by Crippen LogP contribution is -2.31. The van der Waals surface area contributed by atoms with Gasteiger partial charge in [-0.25, -0.2) is 0 Å². The van der Waals surface area contributed by atoms with Crippen molar-refractivity contribution in [3.8, 4) is 0 Å². The van der Waals surface area contributed by atoms with Gasteiger partial charge in [0.05, 0.1) is 6.42 Å². The van der Waals surface area contributed by atoms with Crippen molar-refractivity contribution in [1.82, 2.24) is 10.2 Å². The summed E-state index contributed by atoms with van der Waals surface area (Å²) in [7, 11) is 3.92. The number of hydrogen-bond acceptors (Lipinski definition) is 4. The van der Waals surface area contributed by atoms with Gasteiger partial charge in [0.1, 0.15) is 5.60 Å². The molecule has 0 spiro atoms. The van der Waals surface area contributed by atoms with Gasteiger partial charge < -0.3 is 15.0 Å². The van der Waals surface area contributed by atoms with Gasteiger partial charge >= 0.3 is 5.97 Å². The van der Waals surface area contributed by atoms with Crippen molar-refractivity contribution in [1.29, 1.82) is 0 Å². The minimum atomic E-state index is -0.374. The second kappa shape index (κ2) is 6.80. The molecule has 0 unspecified atom stereocenters. The van der Waals surface area contributed by atoms with Crippen LogP contribution in [0.15, 0.2) is 0 Å². The Bertz CT molecular complexity index is 188. The third-order valence-electron chi connectivity index (χ3n) is 1.86. The first-order chi connectivity index (χ1) is 6.85. The molecule has 0 aromatic carbocycles. The van der Waals surface area contributed by atoms with Crippen molar-refractivity contribution in [2.45, 2.75) is 32.8 Å². The number of hydrogen-bond donors (Lipinski definition) is 1. The number of carbonyl (C=O) groups is 1. The summed E-state index contributed by atoms with van der Waals surface area (Å²) in [5.41, 5.74) is -0.374. The van der Waals surface area contributed by atoms with Crippen LogP contribution >= 0.6 is 0 Å². The van der Waals surface area contributed by atoms with Crippen LogP contribution in [0.2, 0.25) is 0 Å². The average Bonchev–Trinajstić information content (AvgIpc) is 2.08. The second-order valence-electron chi connectivity index (χ2n) is 4.74. The van der Waals surface area contributed by atoms with Crippen LogP contribution in [0.4, 0.5) is 0 Å². The predicted octanol–water partition coefficient (Wildman–Crippen LogP) is 0.869. The number of carbonyl (C=O) groups excluding carboxylic acids is 1. The molecule has 0 amide bonds. The highest BCUT2D eigenvalue weighted by Crippen LogP contribution is 2.08. The Morgan fingerprint density at radius 1 is 1.33 bits per heavy atom. The number of nitrogens with zero attached hydrogens (tertiary/aromatic N) is 1. The Kier molecular flexibility index (Phi) is 6.52. The number of likely N-dealkylation sites (N-methyl/N-ethyl adjacent to an activating group) is 2. The summed E-state index contributed by atoms with van der Waals surface area (Å²) >= 11 is 0. The van der Waals surface area contributed by atoms with E-state index in [4.69, 9.17) is 4.74 Å². The monoisotopic (exact) mass is 216 g/mol. The van der Waals surface area contributed by atoms with Gasteiger partial charge in [0.2, 0.25) is 0 Å². The second-order valence-corrected chi connectivity index (χ2v) is 4.74. The van der Waals surface area contributed by atoms with E-state index in [0.29, 0.717) is 6.42 Å². The smallest absolute Gasteiger partial charge is 0.307 e. The molecule has 0 heterocycles. The van der Waals surface area contributed by atoms with Crippen molar-refractivity contribution in [2.75, 3.05) is 33.7 Å². The summed E-state index contributed by atoms with van der Waals surface area (Å²) in [6.07, 6.45) is 0.456. The van der Waals surface area contributed by atoms with Crippen LogP contribution in [0.1, 0.15) is 27.2 Å². The molecule has 0 aromatic rings. The summed E-state index contributed by atoms with van der Waals surface area (Å²) in [4.78, 5) is 13.5. The van der Waals surface area contributed by atoms with Crippen LogP contribution in [0.5, 0.6) is 0 Å². The Morgan fingerprint density at radius 2 is 1.93 bits per heavy atom. The molecule has 0 fully saturated rings. The fourth-order valence-corrected chi connectivity index (χ4v) is 1.09. The Morgan fingerprint density at radius 3 is 2.40 bits per heavy atom. The summed E-state index contributed by atoms with van der Waals surface area (Å²) in [5, 5.41) is 3.07. The molecule has 0 aliphatic carbocycles. The van der Waals surface area contributed by atoms with Gasteiger partial charge in [-0.3, -0.25) is 4.79 Å². The zero-order chi connectivity index (χ0) is 11.9. The molecule has 1 N–H and O–H groups in total. The van der Waals surface area contributed by atoms with Crippen molar-refractivity contribution in [2.24, 2.45) is 0 Å². The molecular weight excluding hydrogens is 192 g/mol. The van der Waals surface area contributed by atoms with Gasteiger partial charge in [-0.05, 0) is 34.9 Å². The summed E-state index contributed by atoms with van der Waals surface area (Å²) in [6, 6.07) is 0. The number of nitrogens with one attached hydrogen (secondary N) is 1. The molecule has 0 bridgehead atoms. The molecule has 0 radical (unpaired) electrons. The molecule has 0 saturated carbocycles. The molecule has 4 nitrogen and oxygen atoms in total. The van der Waals surface area contributed by atoms with Crippen molar-refractivity contribution in [3.63, 3.8) is 0 Å². The lowest BCUT2D eigenvalue weighted by molar-refractivity contribution is -0.155. The quantitative estimate of drug-likeness (QED) is 0.669. The maximum absolute atomic E-state index is 11.4. The van der Waals surface area contributed by atoms with Gasteiger partial charge in [0, 0.05) is 19.6 Å². The molecule has 15 heavy (non-hydrogen) atoms. The number of esters is 1. The van der Waals surface area contributed by atoms with E-state index in [0.717, 1.165) is 19.6 Å². The molecular formula is C11H24N2O2. The minimum Gasteiger partial charge on any atom is -0.460 e. The Labute approximate surface area is 93.0 Å². The lowest BCUT2D eigenvalue weighted by atomic mass is 10.2. The standard InChI is InChI=1S/C11H24N2O2/c1-11(2,3)15-10(14)6-8-13(5)9-7-12-4/h12H,6-9H2,1-5H3. The first-order valence-electron chi connectivity index (χ1n) is 5.40. The molecule has 0 aromatic heterocycles. The van der Waals surface area contributed by atoms with Crippen LogP contribution in [-0.2, 0) is 9.53 Å². The highest BCUT2D eigenvalue weighted by molar-refractivity contribution is 5.70. The normalized spacial score (nSPS) is 11.9. The van der Waals surface area contributed by atoms with Gasteiger partial charge in [0.25, 0.3) is 0 Å². The Balaban J connectivity index is 3.62.